The average molecular weight is 221 g/mol. The minimum Gasteiger partial charge on any atom is -0.363 e. The van der Waals surface area contributed by atoms with Crippen LogP contribution in [-0.2, 0) is 18.4 Å². The molecule has 0 saturated carbocycles. The SMILES string of the molecule is CC(C)(C)c1nc(C(N)=O)n2c1CCCC2. The van der Waals surface area contributed by atoms with E-state index >= 15 is 0 Å². The van der Waals surface area contributed by atoms with Crippen molar-refractivity contribution >= 4 is 5.91 Å². The van der Waals surface area contributed by atoms with Crippen molar-refractivity contribution in [1.82, 2.24) is 9.55 Å². The molecule has 1 aromatic heterocycles. The van der Waals surface area contributed by atoms with Crippen molar-refractivity contribution in [3.63, 3.8) is 0 Å². The molecule has 2 N–H and O–H groups in total. The van der Waals surface area contributed by atoms with Crippen molar-refractivity contribution < 1.29 is 4.79 Å². The lowest BCUT2D eigenvalue weighted by Gasteiger charge is -2.21. The minimum absolute atomic E-state index is 0.0257. The zero-order chi connectivity index (χ0) is 11.9. The van der Waals surface area contributed by atoms with Gasteiger partial charge in [-0.2, -0.15) is 0 Å². The molecule has 0 aromatic carbocycles. The second-order valence-corrected chi connectivity index (χ2v) is 5.45. The first-order chi connectivity index (χ1) is 7.41. The van der Waals surface area contributed by atoms with Crippen LogP contribution in [0.2, 0.25) is 0 Å². The molecule has 0 bridgehead atoms. The van der Waals surface area contributed by atoms with Crippen LogP contribution in [0.1, 0.15) is 55.6 Å². The summed E-state index contributed by atoms with van der Waals surface area (Å²) in [6.45, 7) is 7.23. The highest BCUT2D eigenvalue weighted by atomic mass is 16.1. The fourth-order valence-electron chi connectivity index (χ4n) is 2.33. The number of carbonyl (C=O) groups excluding carboxylic acids is 1. The molecule has 88 valence electrons. The predicted molar refractivity (Wildman–Crippen MR) is 62.4 cm³/mol. The number of amides is 1. The molecule has 0 saturated heterocycles. The summed E-state index contributed by atoms with van der Waals surface area (Å²) >= 11 is 0. The van der Waals surface area contributed by atoms with Crippen molar-refractivity contribution in [3.8, 4) is 0 Å². The number of hydrogen-bond donors (Lipinski definition) is 1. The number of carbonyl (C=O) groups is 1. The Bertz CT molecular complexity index is 426. The highest BCUT2D eigenvalue weighted by Crippen LogP contribution is 2.29. The minimum atomic E-state index is -0.418. The molecule has 2 rings (SSSR count). The summed E-state index contributed by atoms with van der Waals surface area (Å²) in [6, 6.07) is 0. The van der Waals surface area contributed by atoms with Gasteiger partial charge in [0.15, 0.2) is 5.82 Å². The molecular weight excluding hydrogens is 202 g/mol. The van der Waals surface area contributed by atoms with Crippen LogP contribution in [0.3, 0.4) is 0 Å². The van der Waals surface area contributed by atoms with Crippen molar-refractivity contribution in [2.75, 3.05) is 0 Å². The lowest BCUT2D eigenvalue weighted by atomic mass is 9.89. The van der Waals surface area contributed by atoms with Crippen LogP contribution in [0.15, 0.2) is 0 Å². The van der Waals surface area contributed by atoms with Gasteiger partial charge >= 0.3 is 0 Å². The maximum absolute atomic E-state index is 11.4. The second kappa shape index (κ2) is 3.61. The van der Waals surface area contributed by atoms with Gasteiger partial charge < -0.3 is 10.3 Å². The standard InChI is InChI=1S/C12H19N3O/c1-12(2,3)9-8-6-4-5-7-15(8)11(14-9)10(13)16/h4-7H2,1-3H3,(H2,13,16). The van der Waals surface area contributed by atoms with Crippen LogP contribution in [0, 0.1) is 0 Å². The Kier molecular flexibility index (Phi) is 2.52. The average Bonchev–Trinajstić information content (AvgIpc) is 2.56. The van der Waals surface area contributed by atoms with E-state index in [1.807, 2.05) is 4.57 Å². The molecule has 0 fully saturated rings. The highest BCUT2D eigenvalue weighted by molar-refractivity contribution is 5.89. The molecule has 4 nitrogen and oxygen atoms in total. The van der Waals surface area contributed by atoms with Gasteiger partial charge in [-0.3, -0.25) is 4.79 Å². The van der Waals surface area contributed by atoms with Gasteiger partial charge in [0.05, 0.1) is 5.69 Å². The molecule has 1 aliphatic heterocycles. The van der Waals surface area contributed by atoms with Crippen molar-refractivity contribution in [2.24, 2.45) is 5.73 Å². The van der Waals surface area contributed by atoms with Gasteiger partial charge in [0.2, 0.25) is 0 Å². The van der Waals surface area contributed by atoms with E-state index in [4.69, 9.17) is 5.73 Å². The molecule has 1 aliphatic rings. The third-order valence-corrected chi connectivity index (χ3v) is 3.05. The van der Waals surface area contributed by atoms with E-state index in [-0.39, 0.29) is 5.41 Å². The van der Waals surface area contributed by atoms with Gasteiger partial charge in [0.25, 0.3) is 5.91 Å². The van der Waals surface area contributed by atoms with E-state index < -0.39 is 5.91 Å². The van der Waals surface area contributed by atoms with Crippen LogP contribution in [0.4, 0.5) is 0 Å². The van der Waals surface area contributed by atoms with E-state index in [1.54, 1.807) is 0 Å². The zero-order valence-electron chi connectivity index (χ0n) is 10.2. The summed E-state index contributed by atoms with van der Waals surface area (Å²) in [7, 11) is 0. The van der Waals surface area contributed by atoms with Crippen molar-refractivity contribution in [3.05, 3.63) is 17.2 Å². The molecule has 0 unspecified atom stereocenters. The molecule has 1 aromatic rings. The quantitative estimate of drug-likeness (QED) is 0.783. The van der Waals surface area contributed by atoms with E-state index in [1.165, 1.54) is 12.1 Å². The zero-order valence-corrected chi connectivity index (χ0v) is 10.2. The summed E-state index contributed by atoms with van der Waals surface area (Å²) in [5.74, 6) is 0.0123. The topological polar surface area (TPSA) is 60.9 Å². The number of rotatable bonds is 1. The fourth-order valence-corrected chi connectivity index (χ4v) is 2.33. The summed E-state index contributed by atoms with van der Waals surface area (Å²) in [6.07, 6.45) is 3.28. The Labute approximate surface area is 95.9 Å². The lowest BCUT2D eigenvalue weighted by molar-refractivity contribution is 0.0985. The normalized spacial score (nSPS) is 15.9. The molecule has 1 amide bonds. The first-order valence-corrected chi connectivity index (χ1v) is 5.81. The van der Waals surface area contributed by atoms with Gasteiger partial charge in [-0.25, -0.2) is 4.98 Å². The van der Waals surface area contributed by atoms with E-state index in [0.29, 0.717) is 5.82 Å². The van der Waals surface area contributed by atoms with Gasteiger partial charge in [-0.1, -0.05) is 20.8 Å². The Morgan fingerprint density at radius 3 is 2.62 bits per heavy atom. The lowest BCUT2D eigenvalue weighted by Crippen LogP contribution is -2.21. The number of nitrogens with zero attached hydrogens (tertiary/aromatic N) is 2. The van der Waals surface area contributed by atoms with Crippen LogP contribution in [-0.4, -0.2) is 15.5 Å². The third-order valence-electron chi connectivity index (χ3n) is 3.05. The van der Waals surface area contributed by atoms with Crippen molar-refractivity contribution in [2.45, 2.75) is 52.0 Å². The number of nitrogens with two attached hydrogens (primary N) is 1. The highest BCUT2D eigenvalue weighted by Gasteiger charge is 2.28. The van der Waals surface area contributed by atoms with Gasteiger partial charge in [-0.15, -0.1) is 0 Å². The van der Waals surface area contributed by atoms with Crippen molar-refractivity contribution in [1.29, 1.82) is 0 Å². The van der Waals surface area contributed by atoms with Crippen LogP contribution < -0.4 is 5.73 Å². The van der Waals surface area contributed by atoms with Gasteiger partial charge in [0, 0.05) is 17.7 Å². The molecule has 4 heteroatoms. The Morgan fingerprint density at radius 1 is 1.38 bits per heavy atom. The summed E-state index contributed by atoms with van der Waals surface area (Å²) < 4.78 is 2.01. The third kappa shape index (κ3) is 1.72. The van der Waals surface area contributed by atoms with Crippen LogP contribution in [0.25, 0.3) is 0 Å². The van der Waals surface area contributed by atoms with E-state index in [0.717, 1.165) is 25.1 Å². The number of hydrogen-bond acceptors (Lipinski definition) is 2. The molecule has 0 radical (unpaired) electrons. The molecule has 0 aliphatic carbocycles. The number of aromatic nitrogens is 2. The Morgan fingerprint density at radius 2 is 2.06 bits per heavy atom. The van der Waals surface area contributed by atoms with E-state index in [9.17, 15) is 4.79 Å². The maximum Gasteiger partial charge on any atom is 0.284 e. The Hall–Kier alpha value is -1.32. The maximum atomic E-state index is 11.4. The Balaban J connectivity index is 2.59. The number of primary amides is 1. The number of imidazole rings is 1. The summed E-state index contributed by atoms with van der Waals surface area (Å²) in [4.78, 5) is 15.8. The molecular formula is C12H19N3O. The van der Waals surface area contributed by atoms with E-state index in [2.05, 4.69) is 25.8 Å². The summed E-state index contributed by atoms with van der Waals surface area (Å²) in [5.41, 5.74) is 7.58. The molecule has 0 spiro atoms. The van der Waals surface area contributed by atoms with Gasteiger partial charge in [-0.05, 0) is 19.3 Å². The first kappa shape index (κ1) is 11.2. The molecule has 0 atom stereocenters. The predicted octanol–water partition coefficient (Wildman–Crippen LogP) is 1.62. The monoisotopic (exact) mass is 221 g/mol. The summed E-state index contributed by atoms with van der Waals surface area (Å²) in [5, 5.41) is 0. The smallest absolute Gasteiger partial charge is 0.284 e. The first-order valence-electron chi connectivity index (χ1n) is 5.81. The number of fused-ring (bicyclic) bond motifs is 1. The van der Waals surface area contributed by atoms with Crippen LogP contribution in [0.5, 0.6) is 0 Å². The largest absolute Gasteiger partial charge is 0.363 e. The molecule has 2 heterocycles. The van der Waals surface area contributed by atoms with Crippen LogP contribution >= 0.6 is 0 Å². The fraction of sp³-hybridized carbons (Fsp3) is 0.667. The van der Waals surface area contributed by atoms with Gasteiger partial charge in [0.1, 0.15) is 0 Å². The molecule has 16 heavy (non-hydrogen) atoms. The second-order valence-electron chi connectivity index (χ2n) is 5.45.